The van der Waals surface area contributed by atoms with E-state index in [1.807, 2.05) is 14.0 Å². The molecule has 0 aliphatic carbocycles. The van der Waals surface area contributed by atoms with Crippen molar-refractivity contribution in [2.24, 2.45) is 7.05 Å². The second kappa shape index (κ2) is 3.05. The summed E-state index contributed by atoms with van der Waals surface area (Å²) < 4.78 is 1.77. The van der Waals surface area contributed by atoms with Gasteiger partial charge in [-0.2, -0.15) is 0 Å². The number of aromatic hydroxyl groups is 1. The summed E-state index contributed by atoms with van der Waals surface area (Å²) in [5.74, 6) is 0.176. The van der Waals surface area contributed by atoms with E-state index in [9.17, 15) is 5.11 Å². The predicted molar refractivity (Wildman–Crippen MR) is 53.0 cm³/mol. The van der Waals surface area contributed by atoms with E-state index in [-0.39, 0.29) is 11.3 Å². The van der Waals surface area contributed by atoms with Crippen molar-refractivity contribution in [2.75, 3.05) is 0 Å². The number of aromatic nitrogens is 2. The summed E-state index contributed by atoms with van der Waals surface area (Å²) in [6, 6.07) is 0. The Bertz CT molecular complexity index is 307. The van der Waals surface area contributed by atoms with Gasteiger partial charge in [0.25, 0.3) is 0 Å². The van der Waals surface area contributed by atoms with Gasteiger partial charge in [-0.05, 0) is 6.42 Å². The Morgan fingerprint density at radius 1 is 1.38 bits per heavy atom. The van der Waals surface area contributed by atoms with Gasteiger partial charge >= 0.3 is 0 Å². The minimum absolute atomic E-state index is 0.0358. The predicted octanol–water partition coefficient (Wildman–Crippen LogP) is 1.99. The zero-order chi connectivity index (χ0) is 10.2. The highest BCUT2D eigenvalue weighted by molar-refractivity contribution is 5.34. The maximum absolute atomic E-state index is 9.54. The van der Waals surface area contributed by atoms with Crippen LogP contribution in [0.25, 0.3) is 0 Å². The normalized spacial score (nSPS) is 12.1. The SMILES string of the molecule is CCc1c(O)nn(C)c1C(C)(C)C. The van der Waals surface area contributed by atoms with E-state index < -0.39 is 0 Å². The van der Waals surface area contributed by atoms with Crippen LogP contribution in [0.2, 0.25) is 0 Å². The van der Waals surface area contributed by atoms with Crippen molar-refractivity contribution in [3.8, 4) is 5.88 Å². The molecule has 0 bridgehead atoms. The first kappa shape index (κ1) is 10.1. The summed E-state index contributed by atoms with van der Waals surface area (Å²) in [5.41, 5.74) is 2.12. The number of rotatable bonds is 1. The van der Waals surface area contributed by atoms with Crippen LogP contribution < -0.4 is 0 Å². The lowest BCUT2D eigenvalue weighted by atomic mass is 9.88. The summed E-state index contributed by atoms with van der Waals surface area (Å²) in [6.07, 6.45) is 0.826. The van der Waals surface area contributed by atoms with Gasteiger partial charge < -0.3 is 5.11 Å². The average molecular weight is 182 g/mol. The molecule has 0 atom stereocenters. The van der Waals surface area contributed by atoms with Gasteiger partial charge in [-0.1, -0.05) is 27.7 Å². The second-order valence-electron chi connectivity index (χ2n) is 4.38. The largest absolute Gasteiger partial charge is 0.492 e. The molecular weight excluding hydrogens is 164 g/mol. The van der Waals surface area contributed by atoms with Gasteiger partial charge in [-0.15, -0.1) is 5.10 Å². The Morgan fingerprint density at radius 2 is 1.92 bits per heavy atom. The van der Waals surface area contributed by atoms with E-state index in [1.54, 1.807) is 4.68 Å². The molecular formula is C10H18N2O. The van der Waals surface area contributed by atoms with Crippen LogP contribution in [0.5, 0.6) is 5.88 Å². The standard InChI is InChI=1S/C10H18N2O/c1-6-7-8(10(2,3)4)12(5)11-9(7)13/h6H2,1-5H3,(H,11,13). The molecule has 0 radical (unpaired) electrons. The molecule has 1 heterocycles. The number of nitrogens with zero attached hydrogens (tertiary/aromatic N) is 2. The Balaban J connectivity index is 3.34. The monoisotopic (exact) mass is 182 g/mol. The summed E-state index contributed by atoms with van der Waals surface area (Å²) in [4.78, 5) is 0. The first-order valence-electron chi connectivity index (χ1n) is 4.63. The molecule has 13 heavy (non-hydrogen) atoms. The molecule has 0 aliphatic rings. The number of hydrogen-bond donors (Lipinski definition) is 1. The smallest absolute Gasteiger partial charge is 0.233 e. The van der Waals surface area contributed by atoms with Crippen molar-refractivity contribution < 1.29 is 5.11 Å². The quantitative estimate of drug-likeness (QED) is 0.721. The van der Waals surface area contributed by atoms with Gasteiger partial charge in [-0.25, -0.2) is 0 Å². The minimum atomic E-state index is 0.0358. The molecule has 0 unspecified atom stereocenters. The summed E-state index contributed by atoms with van der Waals surface area (Å²) in [7, 11) is 1.87. The van der Waals surface area contributed by atoms with Crippen LogP contribution >= 0.6 is 0 Å². The molecule has 1 rings (SSSR count). The Kier molecular flexibility index (Phi) is 2.37. The maximum Gasteiger partial charge on any atom is 0.233 e. The lowest BCUT2D eigenvalue weighted by Gasteiger charge is -2.20. The fraction of sp³-hybridized carbons (Fsp3) is 0.700. The van der Waals surface area contributed by atoms with E-state index >= 15 is 0 Å². The number of aryl methyl sites for hydroxylation is 1. The molecule has 0 aromatic carbocycles. The summed E-state index contributed by atoms with van der Waals surface area (Å²) >= 11 is 0. The van der Waals surface area contributed by atoms with E-state index in [2.05, 4.69) is 25.9 Å². The van der Waals surface area contributed by atoms with Gasteiger partial charge in [0, 0.05) is 18.0 Å². The highest BCUT2D eigenvalue weighted by atomic mass is 16.3. The Morgan fingerprint density at radius 3 is 2.23 bits per heavy atom. The van der Waals surface area contributed by atoms with Crippen LogP contribution in [-0.4, -0.2) is 14.9 Å². The fourth-order valence-corrected chi connectivity index (χ4v) is 1.82. The molecule has 0 aliphatic heterocycles. The molecule has 0 spiro atoms. The molecule has 74 valence electrons. The fourth-order valence-electron chi connectivity index (χ4n) is 1.82. The van der Waals surface area contributed by atoms with Crippen molar-refractivity contribution >= 4 is 0 Å². The van der Waals surface area contributed by atoms with E-state index in [1.165, 1.54) is 0 Å². The van der Waals surface area contributed by atoms with Crippen LogP contribution in [-0.2, 0) is 18.9 Å². The van der Waals surface area contributed by atoms with Crippen molar-refractivity contribution in [1.29, 1.82) is 0 Å². The molecule has 0 saturated heterocycles. The lowest BCUT2D eigenvalue weighted by Crippen LogP contribution is -2.18. The minimum Gasteiger partial charge on any atom is -0.492 e. The highest BCUT2D eigenvalue weighted by Crippen LogP contribution is 2.30. The van der Waals surface area contributed by atoms with Gasteiger partial charge in [-0.3, -0.25) is 4.68 Å². The maximum atomic E-state index is 9.54. The van der Waals surface area contributed by atoms with Gasteiger partial charge in [0.15, 0.2) is 0 Å². The third-order valence-corrected chi connectivity index (χ3v) is 2.19. The third kappa shape index (κ3) is 1.69. The second-order valence-corrected chi connectivity index (χ2v) is 4.38. The zero-order valence-corrected chi connectivity index (χ0v) is 9.05. The average Bonchev–Trinajstić information content (AvgIpc) is 2.23. The molecule has 1 N–H and O–H groups in total. The lowest BCUT2D eigenvalue weighted by molar-refractivity contribution is 0.438. The number of hydrogen-bond acceptors (Lipinski definition) is 2. The van der Waals surface area contributed by atoms with Crippen molar-refractivity contribution in [3.63, 3.8) is 0 Å². The van der Waals surface area contributed by atoms with E-state index in [0.29, 0.717) is 0 Å². The van der Waals surface area contributed by atoms with Gasteiger partial charge in [0.1, 0.15) is 0 Å². The van der Waals surface area contributed by atoms with Gasteiger partial charge in [0.05, 0.1) is 5.69 Å². The third-order valence-electron chi connectivity index (χ3n) is 2.19. The molecule has 0 fully saturated rings. The highest BCUT2D eigenvalue weighted by Gasteiger charge is 2.24. The van der Waals surface area contributed by atoms with Gasteiger partial charge in [0.2, 0.25) is 5.88 Å². The molecule has 0 saturated carbocycles. The first-order valence-corrected chi connectivity index (χ1v) is 4.63. The molecule has 1 aromatic rings. The van der Waals surface area contributed by atoms with Crippen molar-refractivity contribution in [2.45, 2.75) is 39.5 Å². The Hall–Kier alpha value is -0.990. The van der Waals surface area contributed by atoms with Crippen LogP contribution in [0.3, 0.4) is 0 Å². The molecule has 1 aromatic heterocycles. The zero-order valence-electron chi connectivity index (χ0n) is 9.05. The first-order chi connectivity index (χ1) is 5.88. The van der Waals surface area contributed by atoms with Crippen molar-refractivity contribution in [1.82, 2.24) is 9.78 Å². The van der Waals surface area contributed by atoms with Crippen LogP contribution in [0.15, 0.2) is 0 Å². The van der Waals surface area contributed by atoms with Crippen LogP contribution in [0.4, 0.5) is 0 Å². The summed E-state index contributed by atoms with van der Waals surface area (Å²) in [6.45, 7) is 8.42. The Labute approximate surface area is 79.4 Å². The molecule has 3 nitrogen and oxygen atoms in total. The van der Waals surface area contributed by atoms with Crippen LogP contribution in [0, 0.1) is 0 Å². The molecule has 3 heteroatoms. The van der Waals surface area contributed by atoms with E-state index in [4.69, 9.17) is 0 Å². The topological polar surface area (TPSA) is 38.1 Å². The summed E-state index contributed by atoms with van der Waals surface area (Å²) in [5, 5.41) is 13.6. The van der Waals surface area contributed by atoms with E-state index in [0.717, 1.165) is 17.7 Å². The molecule has 0 amide bonds. The van der Waals surface area contributed by atoms with Crippen molar-refractivity contribution in [3.05, 3.63) is 11.3 Å². The van der Waals surface area contributed by atoms with Crippen LogP contribution in [0.1, 0.15) is 39.0 Å².